The Hall–Kier alpha value is -2.90. The smallest absolute Gasteiger partial charge is 0.305 e. The third-order valence-corrected chi connectivity index (χ3v) is 4.70. The first-order valence-electron chi connectivity index (χ1n) is 9.60. The van der Waals surface area contributed by atoms with E-state index in [1.165, 1.54) is 31.4 Å². The molecule has 0 spiro atoms. The lowest BCUT2D eigenvalue weighted by Crippen LogP contribution is -2.34. The van der Waals surface area contributed by atoms with E-state index >= 15 is 0 Å². The molecule has 0 atom stereocenters. The van der Waals surface area contributed by atoms with E-state index in [0.717, 1.165) is 12.8 Å². The molecule has 1 aliphatic carbocycles. The highest BCUT2D eigenvalue weighted by Gasteiger charge is 2.17. The van der Waals surface area contributed by atoms with Crippen molar-refractivity contribution < 1.29 is 24.3 Å². The maximum atomic E-state index is 12.0. The van der Waals surface area contributed by atoms with Gasteiger partial charge in [0, 0.05) is 24.2 Å². The average Bonchev–Trinajstić information content (AvgIpc) is 2.67. The Labute approximate surface area is 164 Å². The first-order valence-corrected chi connectivity index (χ1v) is 9.60. The second kappa shape index (κ2) is 11.1. The molecular weight excluding hydrogens is 362 g/mol. The van der Waals surface area contributed by atoms with Crippen LogP contribution in [0, 0.1) is 5.92 Å². The number of anilines is 1. The number of rotatable bonds is 9. The summed E-state index contributed by atoms with van der Waals surface area (Å²) in [6.45, 7) is -0.0454. The van der Waals surface area contributed by atoms with Gasteiger partial charge in [-0.25, -0.2) is 0 Å². The quantitative estimate of drug-likeness (QED) is 0.513. The van der Waals surface area contributed by atoms with Gasteiger partial charge in [-0.1, -0.05) is 19.3 Å². The minimum atomic E-state index is -0.982. The van der Waals surface area contributed by atoms with E-state index in [0.29, 0.717) is 23.6 Å². The zero-order chi connectivity index (χ0) is 20.4. The summed E-state index contributed by atoms with van der Waals surface area (Å²) in [4.78, 5) is 46.2. The van der Waals surface area contributed by atoms with Gasteiger partial charge in [0.25, 0.3) is 5.91 Å². The molecule has 28 heavy (non-hydrogen) atoms. The van der Waals surface area contributed by atoms with E-state index in [4.69, 9.17) is 5.11 Å². The summed E-state index contributed by atoms with van der Waals surface area (Å²) in [6, 6.07) is 6.22. The van der Waals surface area contributed by atoms with Gasteiger partial charge < -0.3 is 21.1 Å². The Morgan fingerprint density at radius 1 is 0.929 bits per heavy atom. The molecule has 0 unspecified atom stereocenters. The van der Waals surface area contributed by atoms with Gasteiger partial charge in [-0.15, -0.1) is 0 Å². The standard InChI is InChI=1S/C20H27N3O5/c24-17(12-14-4-2-1-3-5-14)22-13-18(25)23-16-8-6-15(7-9-16)20(28)21-11-10-19(26)27/h6-9,14H,1-5,10-13H2,(H,21,28)(H,22,24)(H,23,25)(H,26,27). The molecule has 0 bridgehead atoms. The van der Waals surface area contributed by atoms with E-state index in [-0.39, 0.29) is 37.2 Å². The number of carboxylic acids is 1. The van der Waals surface area contributed by atoms with Crippen LogP contribution < -0.4 is 16.0 Å². The molecule has 1 fully saturated rings. The van der Waals surface area contributed by atoms with E-state index in [1.54, 1.807) is 12.1 Å². The van der Waals surface area contributed by atoms with Gasteiger partial charge in [0.05, 0.1) is 13.0 Å². The number of amides is 3. The first kappa shape index (κ1) is 21.4. The zero-order valence-electron chi connectivity index (χ0n) is 15.8. The lowest BCUT2D eigenvalue weighted by Gasteiger charge is -2.20. The predicted molar refractivity (Wildman–Crippen MR) is 104 cm³/mol. The molecule has 8 heteroatoms. The summed E-state index contributed by atoms with van der Waals surface area (Å²) < 4.78 is 0. The normalized spacial score (nSPS) is 14.1. The van der Waals surface area contributed by atoms with Gasteiger partial charge in [-0.05, 0) is 43.0 Å². The van der Waals surface area contributed by atoms with Crippen LogP contribution in [0.25, 0.3) is 0 Å². The Kier molecular flexibility index (Phi) is 8.45. The monoisotopic (exact) mass is 389 g/mol. The Morgan fingerprint density at radius 2 is 1.61 bits per heavy atom. The molecule has 1 aliphatic rings. The van der Waals surface area contributed by atoms with Crippen molar-refractivity contribution in [2.75, 3.05) is 18.4 Å². The molecule has 1 saturated carbocycles. The van der Waals surface area contributed by atoms with Crippen LogP contribution in [-0.4, -0.2) is 41.9 Å². The topological polar surface area (TPSA) is 125 Å². The lowest BCUT2D eigenvalue weighted by molar-refractivity contribution is -0.136. The lowest BCUT2D eigenvalue weighted by atomic mass is 9.87. The van der Waals surface area contributed by atoms with Gasteiger partial charge in [-0.2, -0.15) is 0 Å². The SMILES string of the molecule is O=C(O)CCNC(=O)c1ccc(NC(=O)CNC(=O)CC2CCCCC2)cc1. The fourth-order valence-electron chi connectivity index (χ4n) is 3.20. The minimum Gasteiger partial charge on any atom is -0.481 e. The van der Waals surface area contributed by atoms with E-state index < -0.39 is 5.97 Å². The molecule has 1 aromatic carbocycles. The third kappa shape index (κ3) is 7.77. The van der Waals surface area contributed by atoms with Crippen molar-refractivity contribution in [2.45, 2.75) is 44.9 Å². The van der Waals surface area contributed by atoms with Crippen LogP contribution in [0.3, 0.4) is 0 Å². The molecule has 152 valence electrons. The van der Waals surface area contributed by atoms with Crippen molar-refractivity contribution in [1.29, 1.82) is 0 Å². The average molecular weight is 389 g/mol. The Bertz CT molecular complexity index is 696. The van der Waals surface area contributed by atoms with Crippen LogP contribution in [0.4, 0.5) is 5.69 Å². The Morgan fingerprint density at radius 3 is 2.25 bits per heavy atom. The third-order valence-electron chi connectivity index (χ3n) is 4.70. The molecule has 0 aromatic heterocycles. The molecular formula is C20H27N3O5. The second-order valence-corrected chi connectivity index (χ2v) is 7.01. The van der Waals surface area contributed by atoms with Crippen molar-refractivity contribution in [2.24, 2.45) is 5.92 Å². The largest absolute Gasteiger partial charge is 0.481 e. The summed E-state index contributed by atoms with van der Waals surface area (Å²) in [5, 5.41) is 16.4. The van der Waals surface area contributed by atoms with Gasteiger partial charge in [0.2, 0.25) is 11.8 Å². The molecule has 2 rings (SSSR count). The number of aliphatic carboxylic acids is 1. The number of nitrogens with one attached hydrogen (secondary N) is 3. The molecule has 8 nitrogen and oxygen atoms in total. The molecule has 1 aromatic rings. The van der Waals surface area contributed by atoms with E-state index in [2.05, 4.69) is 16.0 Å². The Balaban J connectivity index is 1.70. The maximum absolute atomic E-state index is 12.0. The zero-order valence-corrected chi connectivity index (χ0v) is 15.8. The number of carbonyl (C=O) groups is 4. The highest BCUT2D eigenvalue weighted by Crippen LogP contribution is 2.25. The number of benzene rings is 1. The fraction of sp³-hybridized carbons (Fsp3) is 0.500. The van der Waals surface area contributed by atoms with Gasteiger partial charge in [0.15, 0.2) is 0 Å². The maximum Gasteiger partial charge on any atom is 0.305 e. The highest BCUT2D eigenvalue weighted by molar-refractivity contribution is 5.97. The van der Waals surface area contributed by atoms with Crippen molar-refractivity contribution in [3.8, 4) is 0 Å². The molecule has 0 heterocycles. The number of hydrogen-bond donors (Lipinski definition) is 4. The summed E-state index contributed by atoms with van der Waals surface area (Å²) >= 11 is 0. The van der Waals surface area contributed by atoms with E-state index in [1.807, 2.05) is 0 Å². The van der Waals surface area contributed by atoms with E-state index in [9.17, 15) is 19.2 Å². The summed E-state index contributed by atoms with van der Waals surface area (Å²) in [6.07, 6.45) is 6.07. The molecule has 4 N–H and O–H groups in total. The van der Waals surface area contributed by atoms with Gasteiger partial charge in [0.1, 0.15) is 0 Å². The van der Waals surface area contributed by atoms with Gasteiger partial charge in [-0.3, -0.25) is 19.2 Å². The molecule has 3 amide bonds. The minimum absolute atomic E-state index is 0.0488. The first-order chi connectivity index (χ1) is 13.4. The van der Waals surface area contributed by atoms with Crippen LogP contribution in [0.5, 0.6) is 0 Å². The summed E-state index contributed by atoms with van der Waals surface area (Å²) in [5.74, 6) is -1.38. The van der Waals surface area contributed by atoms with Crippen LogP contribution in [0.15, 0.2) is 24.3 Å². The van der Waals surface area contributed by atoms with Crippen molar-refractivity contribution in [1.82, 2.24) is 10.6 Å². The summed E-state index contributed by atoms with van der Waals surface area (Å²) in [7, 11) is 0. The molecule has 0 radical (unpaired) electrons. The summed E-state index contributed by atoms with van der Waals surface area (Å²) in [5.41, 5.74) is 0.873. The molecule has 0 saturated heterocycles. The number of carbonyl (C=O) groups excluding carboxylic acids is 3. The highest BCUT2D eigenvalue weighted by atomic mass is 16.4. The van der Waals surface area contributed by atoms with Crippen LogP contribution in [0.1, 0.15) is 55.3 Å². The van der Waals surface area contributed by atoms with Crippen LogP contribution in [0.2, 0.25) is 0 Å². The van der Waals surface area contributed by atoms with Crippen LogP contribution in [-0.2, 0) is 14.4 Å². The number of hydrogen-bond acceptors (Lipinski definition) is 4. The van der Waals surface area contributed by atoms with Gasteiger partial charge >= 0.3 is 5.97 Å². The molecule has 0 aliphatic heterocycles. The predicted octanol–water partition coefficient (Wildman–Crippen LogP) is 1.92. The van der Waals surface area contributed by atoms with Crippen LogP contribution >= 0.6 is 0 Å². The van der Waals surface area contributed by atoms with Crippen molar-refractivity contribution in [3.05, 3.63) is 29.8 Å². The number of carboxylic acid groups (broad SMARTS) is 1. The second-order valence-electron chi connectivity index (χ2n) is 7.01. The van der Waals surface area contributed by atoms with Crippen molar-refractivity contribution in [3.63, 3.8) is 0 Å². The van der Waals surface area contributed by atoms with Crippen molar-refractivity contribution >= 4 is 29.4 Å². The fourth-order valence-corrected chi connectivity index (χ4v) is 3.20.